The normalized spacial score (nSPS) is 21.9. The summed E-state index contributed by atoms with van der Waals surface area (Å²) in [6.07, 6.45) is 1.15. The van der Waals surface area contributed by atoms with Gasteiger partial charge in [-0.3, -0.25) is 26.4 Å². The largest absolute Gasteiger partial charge is 0.365 e. The molecular weight excluding hydrogens is 496 g/mol. The lowest BCUT2D eigenvalue weighted by molar-refractivity contribution is 0.346. The van der Waals surface area contributed by atoms with Gasteiger partial charge in [-0.2, -0.15) is 0 Å². The highest BCUT2D eigenvalue weighted by atomic mass is 31.3. The Balaban J connectivity index is 3.39. The quantitative estimate of drug-likeness (QED) is 0.275. The third-order valence-corrected chi connectivity index (χ3v) is 13.9. The minimum atomic E-state index is -4.51. The van der Waals surface area contributed by atoms with E-state index in [1.807, 2.05) is 0 Å². The first kappa shape index (κ1) is 27.1. The molecule has 0 aliphatic heterocycles. The first-order valence-electron chi connectivity index (χ1n) is 7.46. The van der Waals surface area contributed by atoms with Gasteiger partial charge in [0.2, 0.25) is 0 Å². The van der Waals surface area contributed by atoms with Crippen molar-refractivity contribution in [3.63, 3.8) is 0 Å². The van der Waals surface area contributed by atoms with Gasteiger partial charge in [-0.05, 0) is 12.8 Å². The second kappa shape index (κ2) is 12.2. The van der Waals surface area contributed by atoms with Gasteiger partial charge in [0, 0.05) is 32.7 Å². The lowest BCUT2D eigenvalue weighted by Gasteiger charge is -2.33. The summed E-state index contributed by atoms with van der Waals surface area (Å²) in [4.78, 5) is 38.6. The Morgan fingerprint density at radius 1 is 0.929 bits per heavy atom. The highest BCUT2D eigenvalue weighted by Crippen LogP contribution is 2.80. The molecule has 164 valence electrons. The number of aromatic nitrogens is 1. The molecule has 4 N–H and O–H groups in total. The van der Waals surface area contributed by atoms with Gasteiger partial charge >= 0.3 is 15.2 Å². The fourth-order valence-corrected chi connectivity index (χ4v) is 13.6. The van der Waals surface area contributed by atoms with E-state index in [9.17, 15) is 28.7 Å². The smallest absolute Gasteiger partial charge is 0.356 e. The first-order valence-corrected chi connectivity index (χ1v) is 17.3. The lowest BCUT2D eigenvalue weighted by Crippen LogP contribution is -2.15. The predicted molar refractivity (Wildman–Crippen MR) is 108 cm³/mol. The van der Waals surface area contributed by atoms with Gasteiger partial charge in [-0.25, -0.2) is 0 Å². The number of hydrogen-bond acceptors (Lipinski definition) is 12. The molecule has 0 radical (unpaired) electrons. The Bertz CT molecular complexity index is 603. The van der Waals surface area contributed by atoms with Crippen molar-refractivity contribution in [2.24, 2.45) is 0 Å². The monoisotopic (exact) mass is 519 g/mol. The van der Waals surface area contributed by atoms with E-state index in [4.69, 9.17) is 21.8 Å². The summed E-state index contributed by atoms with van der Waals surface area (Å²) in [5, 5.41) is 2.03. The van der Waals surface area contributed by atoms with Crippen molar-refractivity contribution in [3.05, 3.63) is 18.0 Å². The van der Waals surface area contributed by atoms with Crippen LogP contribution in [0.2, 0.25) is 0 Å². The number of hydrogen-bond donors (Lipinski definition) is 4. The van der Waals surface area contributed by atoms with Crippen LogP contribution in [-0.4, -0.2) is 56.8 Å². The zero-order valence-corrected chi connectivity index (χ0v) is 20.8. The molecule has 1 aromatic rings. The maximum Gasteiger partial charge on any atom is 0.356 e. The van der Waals surface area contributed by atoms with Gasteiger partial charge in [0.15, 0.2) is 38.9 Å². The SMILES string of the molecule is CP(O)OP(=O)(OP(C)O)C(CCc1ccon1)P(=O)(OP(C)O)OP(C)O. The molecule has 0 amide bonds. The van der Waals surface area contributed by atoms with E-state index in [0.717, 1.165) is 0 Å². The molecule has 1 aromatic heterocycles. The molecule has 0 bridgehead atoms. The van der Waals surface area contributed by atoms with Crippen LogP contribution in [0, 0.1) is 0 Å². The molecule has 0 fully saturated rings. The van der Waals surface area contributed by atoms with Crippen LogP contribution in [0.1, 0.15) is 12.1 Å². The molecule has 28 heavy (non-hydrogen) atoms. The van der Waals surface area contributed by atoms with Gasteiger partial charge in [-0.1, -0.05) is 5.16 Å². The van der Waals surface area contributed by atoms with Crippen molar-refractivity contribution < 1.29 is 50.5 Å². The summed E-state index contributed by atoms with van der Waals surface area (Å²) in [6, 6.07) is 1.52. The number of rotatable bonds is 13. The summed E-state index contributed by atoms with van der Waals surface area (Å²) in [5.41, 5.74) is 0.416. The second-order valence-corrected chi connectivity index (χ2v) is 15.4. The van der Waals surface area contributed by atoms with Crippen molar-refractivity contribution >= 4 is 48.7 Å². The van der Waals surface area contributed by atoms with Crippen LogP contribution in [0.5, 0.6) is 0 Å². The first-order chi connectivity index (χ1) is 12.9. The number of nitrogens with zero attached hydrogens (tertiary/aromatic N) is 1. The van der Waals surface area contributed by atoms with Crippen molar-refractivity contribution in [2.45, 2.75) is 18.2 Å². The van der Waals surface area contributed by atoms with Gasteiger partial charge in [0.1, 0.15) is 6.26 Å². The average Bonchev–Trinajstić information content (AvgIpc) is 2.96. The van der Waals surface area contributed by atoms with Crippen LogP contribution in [0.25, 0.3) is 0 Å². The van der Waals surface area contributed by atoms with E-state index in [2.05, 4.69) is 5.16 Å². The Morgan fingerprint density at radius 2 is 1.32 bits per heavy atom. The van der Waals surface area contributed by atoms with E-state index < -0.39 is 54.1 Å². The highest BCUT2D eigenvalue weighted by molar-refractivity contribution is 7.82. The van der Waals surface area contributed by atoms with Crippen LogP contribution in [0.15, 0.2) is 16.9 Å². The standard InChI is InChI=1S/C10H23NO11P6/c1-23(12)19-27(16,20-24(2)13)10(6-5-9-7-8-18-11-9)28(17,21-25(3)14)22-26(4)15/h7-8,10,12-15H,5-6H2,1-4H3. The topological polar surface area (TPSA) is 178 Å². The maximum absolute atomic E-state index is 13.4. The molecule has 4 unspecified atom stereocenters. The molecule has 0 aliphatic rings. The molecular formula is C10H23NO11P6. The van der Waals surface area contributed by atoms with E-state index in [0.29, 0.717) is 5.69 Å². The molecule has 18 heteroatoms. The minimum Gasteiger partial charge on any atom is -0.365 e. The number of aryl methyl sites for hydroxylation is 1. The van der Waals surface area contributed by atoms with Crippen LogP contribution < -0.4 is 0 Å². The van der Waals surface area contributed by atoms with Gasteiger partial charge < -0.3 is 24.1 Å². The predicted octanol–water partition coefficient (Wildman–Crippen LogP) is 4.12. The molecule has 0 saturated carbocycles. The Morgan fingerprint density at radius 3 is 1.61 bits per heavy atom. The Hall–Kier alpha value is 1.07. The Kier molecular flexibility index (Phi) is 11.8. The van der Waals surface area contributed by atoms with E-state index in [-0.39, 0.29) is 12.8 Å². The molecule has 0 aliphatic carbocycles. The maximum atomic E-state index is 13.4. The fraction of sp³-hybridized carbons (Fsp3) is 0.700. The summed E-state index contributed by atoms with van der Waals surface area (Å²) in [7, 11) is -18.1. The third kappa shape index (κ3) is 9.06. The average molecular weight is 519 g/mol. The summed E-state index contributed by atoms with van der Waals surface area (Å²) < 4.78 is 51.9. The van der Waals surface area contributed by atoms with Crippen LogP contribution in [-0.2, 0) is 32.8 Å². The molecule has 1 heterocycles. The molecule has 12 nitrogen and oxygen atoms in total. The highest BCUT2D eigenvalue weighted by Gasteiger charge is 2.54. The zero-order valence-electron chi connectivity index (χ0n) is 15.4. The van der Waals surface area contributed by atoms with E-state index in [1.165, 1.54) is 39.0 Å². The summed E-state index contributed by atoms with van der Waals surface area (Å²) >= 11 is 0. The summed E-state index contributed by atoms with van der Waals surface area (Å²) in [6.45, 7) is 4.83. The summed E-state index contributed by atoms with van der Waals surface area (Å²) in [5.74, 6) is 0. The van der Waals surface area contributed by atoms with Crippen LogP contribution >= 0.6 is 48.7 Å². The molecule has 0 saturated heterocycles. The van der Waals surface area contributed by atoms with Crippen LogP contribution in [0.3, 0.4) is 0 Å². The van der Waals surface area contributed by atoms with Crippen molar-refractivity contribution in [2.75, 3.05) is 26.7 Å². The molecule has 1 rings (SSSR count). The van der Waals surface area contributed by atoms with Gasteiger partial charge in [0.05, 0.1) is 5.69 Å². The Labute approximate surface area is 167 Å². The van der Waals surface area contributed by atoms with Gasteiger partial charge in [-0.15, -0.1) is 0 Å². The van der Waals surface area contributed by atoms with Crippen LogP contribution in [0.4, 0.5) is 0 Å². The van der Waals surface area contributed by atoms with Crippen molar-refractivity contribution in [1.29, 1.82) is 0 Å². The molecule has 4 atom stereocenters. The van der Waals surface area contributed by atoms with E-state index >= 15 is 0 Å². The third-order valence-electron chi connectivity index (χ3n) is 2.81. The van der Waals surface area contributed by atoms with Crippen molar-refractivity contribution in [1.82, 2.24) is 5.16 Å². The molecule has 0 aromatic carbocycles. The van der Waals surface area contributed by atoms with Gasteiger partial charge in [0.25, 0.3) is 0 Å². The van der Waals surface area contributed by atoms with E-state index in [1.54, 1.807) is 0 Å². The molecule has 0 spiro atoms. The zero-order chi connectivity index (χ0) is 21.5. The second-order valence-electron chi connectivity index (χ2n) is 5.27. The fourth-order valence-electron chi connectivity index (χ4n) is 2.04. The van der Waals surface area contributed by atoms with Crippen molar-refractivity contribution in [3.8, 4) is 0 Å². The lowest BCUT2D eigenvalue weighted by atomic mass is 10.2. The minimum absolute atomic E-state index is 0.0643.